The van der Waals surface area contributed by atoms with Crippen LogP contribution in [-0.2, 0) is 0 Å². The number of anilines is 1. The van der Waals surface area contributed by atoms with E-state index in [9.17, 15) is 0 Å². The predicted octanol–water partition coefficient (Wildman–Crippen LogP) is 2.40. The Kier molecular flexibility index (Phi) is 5.23. The van der Waals surface area contributed by atoms with Gasteiger partial charge in [0, 0.05) is 44.5 Å². The summed E-state index contributed by atoms with van der Waals surface area (Å²) in [5.41, 5.74) is 3.94. The Morgan fingerprint density at radius 2 is 2.00 bits per heavy atom. The molecule has 1 unspecified atom stereocenters. The second kappa shape index (κ2) is 6.92. The first-order valence-corrected chi connectivity index (χ1v) is 7.42. The van der Waals surface area contributed by atoms with Gasteiger partial charge in [0.15, 0.2) is 0 Å². The summed E-state index contributed by atoms with van der Waals surface area (Å²) in [4.78, 5) is 2.58. The van der Waals surface area contributed by atoms with Crippen molar-refractivity contribution in [1.82, 2.24) is 10.2 Å². The Hall–Kier alpha value is -1.06. The maximum atomic E-state index is 3.58. The molecule has 0 bridgehead atoms. The molecule has 0 aromatic heterocycles. The van der Waals surface area contributed by atoms with Gasteiger partial charge in [-0.25, -0.2) is 0 Å². The third kappa shape index (κ3) is 4.22. The van der Waals surface area contributed by atoms with Crippen molar-refractivity contribution in [2.75, 3.05) is 38.0 Å². The molecule has 19 heavy (non-hydrogen) atoms. The van der Waals surface area contributed by atoms with Gasteiger partial charge >= 0.3 is 0 Å². The summed E-state index contributed by atoms with van der Waals surface area (Å²) in [5, 5.41) is 6.99. The molecule has 0 aliphatic carbocycles. The summed E-state index contributed by atoms with van der Waals surface area (Å²) in [6, 6.07) is 7.27. The standard InChI is InChI=1S/C16H27N3/c1-13-4-5-14(2)16(12-13)18-7-6-15(3)19-10-8-17-9-11-19/h4-5,12,15,17-18H,6-11H2,1-3H3. The van der Waals surface area contributed by atoms with Gasteiger partial charge in [-0.1, -0.05) is 12.1 Å². The van der Waals surface area contributed by atoms with Gasteiger partial charge < -0.3 is 10.6 Å². The molecule has 1 saturated heterocycles. The molecule has 3 nitrogen and oxygen atoms in total. The molecule has 1 aromatic carbocycles. The molecule has 0 saturated carbocycles. The van der Waals surface area contributed by atoms with Crippen LogP contribution in [0.25, 0.3) is 0 Å². The molecule has 1 aliphatic heterocycles. The maximum absolute atomic E-state index is 3.58. The van der Waals surface area contributed by atoms with Gasteiger partial charge in [-0.05, 0) is 44.4 Å². The Bertz CT molecular complexity index is 397. The smallest absolute Gasteiger partial charge is 0.0372 e. The van der Waals surface area contributed by atoms with Crippen molar-refractivity contribution >= 4 is 5.69 Å². The molecule has 1 atom stereocenters. The summed E-state index contributed by atoms with van der Waals surface area (Å²) in [5.74, 6) is 0. The van der Waals surface area contributed by atoms with Crippen LogP contribution in [0.15, 0.2) is 18.2 Å². The Morgan fingerprint density at radius 3 is 2.74 bits per heavy atom. The Balaban J connectivity index is 1.77. The number of benzene rings is 1. The summed E-state index contributed by atoms with van der Waals surface area (Å²) >= 11 is 0. The number of nitrogens with one attached hydrogen (secondary N) is 2. The summed E-state index contributed by atoms with van der Waals surface area (Å²) in [6.45, 7) is 12.3. The highest BCUT2D eigenvalue weighted by atomic mass is 15.2. The van der Waals surface area contributed by atoms with Crippen molar-refractivity contribution < 1.29 is 0 Å². The van der Waals surface area contributed by atoms with E-state index in [4.69, 9.17) is 0 Å². The van der Waals surface area contributed by atoms with Crippen LogP contribution < -0.4 is 10.6 Å². The molecule has 1 aliphatic rings. The van der Waals surface area contributed by atoms with E-state index in [1.54, 1.807) is 0 Å². The lowest BCUT2D eigenvalue weighted by Crippen LogP contribution is -2.47. The Morgan fingerprint density at radius 1 is 1.26 bits per heavy atom. The van der Waals surface area contributed by atoms with Crippen molar-refractivity contribution in [3.05, 3.63) is 29.3 Å². The summed E-state index contributed by atoms with van der Waals surface area (Å²) < 4.78 is 0. The lowest BCUT2D eigenvalue weighted by atomic mass is 10.1. The maximum Gasteiger partial charge on any atom is 0.0372 e. The van der Waals surface area contributed by atoms with Crippen LogP contribution in [-0.4, -0.2) is 43.7 Å². The van der Waals surface area contributed by atoms with E-state index in [1.807, 2.05) is 0 Å². The minimum Gasteiger partial charge on any atom is -0.385 e. The summed E-state index contributed by atoms with van der Waals surface area (Å²) in [7, 11) is 0. The third-order valence-electron chi connectivity index (χ3n) is 4.05. The summed E-state index contributed by atoms with van der Waals surface area (Å²) in [6.07, 6.45) is 1.20. The fourth-order valence-corrected chi connectivity index (χ4v) is 2.65. The molecule has 0 amide bonds. The molecule has 1 heterocycles. The molecule has 0 spiro atoms. The first-order chi connectivity index (χ1) is 9.16. The molecule has 106 valence electrons. The normalized spacial score (nSPS) is 18.3. The number of hydrogen-bond donors (Lipinski definition) is 2. The van der Waals surface area contributed by atoms with Crippen LogP contribution in [0, 0.1) is 13.8 Å². The quantitative estimate of drug-likeness (QED) is 0.852. The van der Waals surface area contributed by atoms with Gasteiger partial charge in [-0.3, -0.25) is 4.90 Å². The van der Waals surface area contributed by atoms with Crippen molar-refractivity contribution in [1.29, 1.82) is 0 Å². The van der Waals surface area contributed by atoms with Gasteiger partial charge in [-0.2, -0.15) is 0 Å². The predicted molar refractivity (Wildman–Crippen MR) is 82.9 cm³/mol. The fraction of sp³-hybridized carbons (Fsp3) is 0.625. The van der Waals surface area contributed by atoms with E-state index in [-0.39, 0.29) is 0 Å². The Labute approximate surface area is 117 Å². The zero-order valence-corrected chi connectivity index (χ0v) is 12.5. The first kappa shape index (κ1) is 14.4. The number of nitrogens with zero attached hydrogens (tertiary/aromatic N) is 1. The molecular formula is C16H27N3. The minimum absolute atomic E-state index is 0.666. The molecule has 2 rings (SSSR count). The zero-order chi connectivity index (χ0) is 13.7. The molecule has 1 aromatic rings. The van der Waals surface area contributed by atoms with E-state index in [0.29, 0.717) is 6.04 Å². The molecule has 0 radical (unpaired) electrons. The van der Waals surface area contributed by atoms with E-state index in [2.05, 4.69) is 54.5 Å². The van der Waals surface area contributed by atoms with Crippen LogP contribution in [0.5, 0.6) is 0 Å². The van der Waals surface area contributed by atoms with E-state index in [0.717, 1.165) is 19.6 Å². The number of rotatable bonds is 5. The average Bonchev–Trinajstić information content (AvgIpc) is 2.43. The van der Waals surface area contributed by atoms with E-state index >= 15 is 0 Å². The van der Waals surface area contributed by atoms with Crippen molar-refractivity contribution in [2.45, 2.75) is 33.2 Å². The van der Waals surface area contributed by atoms with E-state index in [1.165, 1.54) is 36.3 Å². The number of piperazine rings is 1. The largest absolute Gasteiger partial charge is 0.385 e. The molecule has 2 N–H and O–H groups in total. The van der Waals surface area contributed by atoms with Gasteiger partial charge in [0.2, 0.25) is 0 Å². The molecule has 3 heteroatoms. The first-order valence-electron chi connectivity index (χ1n) is 7.42. The highest BCUT2D eigenvalue weighted by molar-refractivity contribution is 5.52. The highest BCUT2D eigenvalue weighted by Crippen LogP contribution is 2.16. The monoisotopic (exact) mass is 261 g/mol. The van der Waals surface area contributed by atoms with Crippen LogP contribution in [0.2, 0.25) is 0 Å². The van der Waals surface area contributed by atoms with Crippen LogP contribution in [0.4, 0.5) is 5.69 Å². The zero-order valence-electron chi connectivity index (χ0n) is 12.5. The van der Waals surface area contributed by atoms with Crippen molar-refractivity contribution in [3.8, 4) is 0 Å². The SMILES string of the molecule is Cc1ccc(C)c(NCCC(C)N2CCNCC2)c1. The van der Waals surface area contributed by atoms with Gasteiger partial charge in [0.25, 0.3) is 0 Å². The topological polar surface area (TPSA) is 27.3 Å². The second-order valence-electron chi connectivity index (χ2n) is 5.67. The average molecular weight is 261 g/mol. The fourth-order valence-electron chi connectivity index (χ4n) is 2.65. The second-order valence-corrected chi connectivity index (χ2v) is 5.67. The van der Waals surface area contributed by atoms with Crippen LogP contribution in [0.3, 0.4) is 0 Å². The van der Waals surface area contributed by atoms with Crippen molar-refractivity contribution in [2.24, 2.45) is 0 Å². The molecule has 1 fully saturated rings. The van der Waals surface area contributed by atoms with Crippen LogP contribution >= 0.6 is 0 Å². The van der Waals surface area contributed by atoms with Crippen molar-refractivity contribution in [3.63, 3.8) is 0 Å². The van der Waals surface area contributed by atoms with Gasteiger partial charge in [0.05, 0.1) is 0 Å². The third-order valence-corrected chi connectivity index (χ3v) is 4.05. The molecular weight excluding hydrogens is 234 g/mol. The minimum atomic E-state index is 0.666. The lowest BCUT2D eigenvalue weighted by molar-refractivity contribution is 0.179. The van der Waals surface area contributed by atoms with E-state index < -0.39 is 0 Å². The van der Waals surface area contributed by atoms with Gasteiger partial charge in [0.1, 0.15) is 0 Å². The number of hydrogen-bond acceptors (Lipinski definition) is 3. The number of aryl methyl sites for hydroxylation is 2. The van der Waals surface area contributed by atoms with Crippen LogP contribution in [0.1, 0.15) is 24.5 Å². The highest BCUT2D eigenvalue weighted by Gasteiger charge is 2.15. The lowest BCUT2D eigenvalue weighted by Gasteiger charge is -2.33. The van der Waals surface area contributed by atoms with Gasteiger partial charge in [-0.15, -0.1) is 0 Å².